The zero-order chi connectivity index (χ0) is 12.6. The third kappa shape index (κ3) is 2.41. The normalized spacial score (nSPS) is 34.7. The summed E-state index contributed by atoms with van der Waals surface area (Å²) in [5.41, 5.74) is 0.0918. The lowest BCUT2D eigenvalue weighted by atomic mass is 9.88. The number of hydrogen-bond acceptors (Lipinski definition) is 3. The molecule has 0 saturated carbocycles. The average molecular weight is 238 g/mol. The first-order chi connectivity index (χ1) is 7.95. The second-order valence-corrected chi connectivity index (χ2v) is 6.47. The summed E-state index contributed by atoms with van der Waals surface area (Å²) in [6, 6.07) is 0.501. The SMILES string of the molecule is CCC(=O)C1C2NCCCC2CN1C(C)(C)C. The van der Waals surface area contributed by atoms with Crippen LogP contribution in [0.25, 0.3) is 0 Å². The lowest BCUT2D eigenvalue weighted by Crippen LogP contribution is -2.54. The topological polar surface area (TPSA) is 32.3 Å². The minimum atomic E-state index is 0.0918. The number of ketones is 1. The molecule has 0 aromatic heterocycles. The Morgan fingerprint density at radius 1 is 1.41 bits per heavy atom. The van der Waals surface area contributed by atoms with Crippen LogP contribution in [0.5, 0.6) is 0 Å². The van der Waals surface area contributed by atoms with Crippen molar-refractivity contribution in [3.8, 4) is 0 Å². The molecule has 3 unspecified atom stereocenters. The summed E-state index contributed by atoms with van der Waals surface area (Å²) >= 11 is 0. The number of fused-ring (bicyclic) bond motifs is 1. The Bertz CT molecular complexity index is 295. The highest BCUT2D eigenvalue weighted by Crippen LogP contribution is 2.35. The van der Waals surface area contributed by atoms with Crippen LogP contribution in [-0.4, -0.2) is 41.4 Å². The first-order valence-electron chi connectivity index (χ1n) is 6.98. The van der Waals surface area contributed by atoms with E-state index in [0.717, 1.165) is 13.1 Å². The van der Waals surface area contributed by atoms with Gasteiger partial charge in [-0.3, -0.25) is 9.69 Å². The largest absolute Gasteiger partial charge is 0.312 e. The first kappa shape index (κ1) is 13.0. The van der Waals surface area contributed by atoms with Crippen LogP contribution >= 0.6 is 0 Å². The lowest BCUT2D eigenvalue weighted by molar-refractivity contribution is -0.125. The van der Waals surface area contributed by atoms with Crippen molar-refractivity contribution < 1.29 is 4.79 Å². The third-order valence-electron chi connectivity index (χ3n) is 4.29. The Morgan fingerprint density at radius 2 is 2.12 bits per heavy atom. The average Bonchev–Trinajstić information content (AvgIpc) is 2.67. The summed E-state index contributed by atoms with van der Waals surface area (Å²) in [7, 11) is 0. The molecule has 0 aromatic rings. The predicted molar refractivity (Wildman–Crippen MR) is 70.1 cm³/mol. The first-order valence-corrected chi connectivity index (χ1v) is 6.98. The molecule has 3 heteroatoms. The molecular formula is C14H26N2O. The molecule has 98 valence electrons. The Morgan fingerprint density at radius 3 is 2.71 bits per heavy atom. The van der Waals surface area contributed by atoms with E-state index < -0.39 is 0 Å². The molecule has 3 nitrogen and oxygen atoms in total. The minimum Gasteiger partial charge on any atom is -0.312 e. The molecule has 0 radical (unpaired) electrons. The molecule has 2 rings (SSSR count). The molecule has 3 atom stereocenters. The van der Waals surface area contributed by atoms with Gasteiger partial charge in [-0.2, -0.15) is 0 Å². The number of Topliss-reactive ketones (excluding diaryl/α,β-unsaturated/α-hetero) is 1. The van der Waals surface area contributed by atoms with Crippen molar-refractivity contribution >= 4 is 5.78 Å². The molecule has 0 spiro atoms. The van der Waals surface area contributed by atoms with Gasteiger partial charge in [0.05, 0.1) is 6.04 Å². The maximum Gasteiger partial charge on any atom is 0.151 e. The van der Waals surface area contributed by atoms with Gasteiger partial charge in [-0.25, -0.2) is 0 Å². The molecule has 2 heterocycles. The zero-order valence-electron chi connectivity index (χ0n) is 11.6. The minimum absolute atomic E-state index is 0.0918. The number of nitrogens with one attached hydrogen (secondary N) is 1. The van der Waals surface area contributed by atoms with Crippen LogP contribution in [0, 0.1) is 5.92 Å². The van der Waals surface area contributed by atoms with Crippen LogP contribution in [0.1, 0.15) is 47.0 Å². The van der Waals surface area contributed by atoms with Gasteiger partial charge in [0.25, 0.3) is 0 Å². The molecule has 0 amide bonds. The number of piperidine rings is 1. The fourth-order valence-corrected chi connectivity index (χ4v) is 3.39. The maximum absolute atomic E-state index is 12.2. The van der Waals surface area contributed by atoms with E-state index in [4.69, 9.17) is 0 Å². The van der Waals surface area contributed by atoms with Gasteiger partial charge in [-0.05, 0) is 46.1 Å². The van der Waals surface area contributed by atoms with Crippen molar-refractivity contribution in [3.05, 3.63) is 0 Å². The van der Waals surface area contributed by atoms with Gasteiger partial charge in [-0.1, -0.05) is 6.92 Å². The Balaban J connectivity index is 2.23. The highest BCUT2D eigenvalue weighted by molar-refractivity contribution is 5.85. The summed E-state index contributed by atoms with van der Waals surface area (Å²) in [6.07, 6.45) is 3.19. The number of likely N-dealkylation sites (tertiary alicyclic amines) is 1. The Labute approximate surface area is 105 Å². The van der Waals surface area contributed by atoms with Crippen molar-refractivity contribution in [1.29, 1.82) is 0 Å². The molecule has 2 aliphatic rings. The number of carbonyl (C=O) groups is 1. The predicted octanol–water partition coefficient (Wildman–Crippen LogP) is 1.82. The molecule has 2 aliphatic heterocycles. The number of carbonyl (C=O) groups excluding carboxylic acids is 1. The quantitative estimate of drug-likeness (QED) is 0.796. The summed E-state index contributed by atoms with van der Waals surface area (Å²) in [5.74, 6) is 1.07. The molecular weight excluding hydrogens is 212 g/mol. The molecule has 0 aliphatic carbocycles. The van der Waals surface area contributed by atoms with Gasteiger partial charge in [0.2, 0.25) is 0 Å². The van der Waals surface area contributed by atoms with Crippen molar-refractivity contribution in [2.75, 3.05) is 13.1 Å². The van der Waals surface area contributed by atoms with Crippen molar-refractivity contribution in [2.24, 2.45) is 5.92 Å². The number of hydrogen-bond donors (Lipinski definition) is 1. The van der Waals surface area contributed by atoms with E-state index in [-0.39, 0.29) is 11.6 Å². The summed E-state index contributed by atoms with van der Waals surface area (Å²) in [6.45, 7) is 10.8. The van der Waals surface area contributed by atoms with Crippen LogP contribution in [-0.2, 0) is 4.79 Å². The lowest BCUT2D eigenvalue weighted by Gasteiger charge is -2.37. The number of rotatable bonds is 2. The molecule has 1 N–H and O–H groups in total. The highest BCUT2D eigenvalue weighted by Gasteiger charge is 2.48. The third-order valence-corrected chi connectivity index (χ3v) is 4.29. The van der Waals surface area contributed by atoms with Crippen molar-refractivity contribution in [1.82, 2.24) is 10.2 Å². The maximum atomic E-state index is 12.2. The van der Waals surface area contributed by atoms with Gasteiger partial charge >= 0.3 is 0 Å². The molecule has 0 bridgehead atoms. The van der Waals surface area contributed by atoms with Crippen LogP contribution < -0.4 is 5.32 Å². The second kappa shape index (κ2) is 4.69. The Kier molecular flexibility index (Phi) is 3.60. The molecule has 2 saturated heterocycles. The Hall–Kier alpha value is -0.410. The van der Waals surface area contributed by atoms with Gasteiger partial charge in [0, 0.05) is 24.5 Å². The van der Waals surface area contributed by atoms with Gasteiger partial charge in [-0.15, -0.1) is 0 Å². The highest BCUT2D eigenvalue weighted by atomic mass is 16.1. The van der Waals surface area contributed by atoms with Crippen LogP contribution in [0.15, 0.2) is 0 Å². The van der Waals surface area contributed by atoms with Crippen LogP contribution in [0.4, 0.5) is 0 Å². The standard InChI is InChI=1S/C14H26N2O/c1-5-11(17)13-12-10(7-6-8-15-12)9-16(13)14(2,3)4/h10,12-13,15H,5-9H2,1-4H3. The molecule has 2 fully saturated rings. The summed E-state index contributed by atoms with van der Waals surface area (Å²) < 4.78 is 0. The summed E-state index contributed by atoms with van der Waals surface area (Å²) in [5, 5.41) is 3.59. The zero-order valence-corrected chi connectivity index (χ0v) is 11.6. The van der Waals surface area contributed by atoms with Gasteiger partial charge in [0.15, 0.2) is 5.78 Å². The second-order valence-electron chi connectivity index (χ2n) is 6.47. The monoisotopic (exact) mass is 238 g/mol. The van der Waals surface area contributed by atoms with Crippen molar-refractivity contribution in [2.45, 2.75) is 64.6 Å². The van der Waals surface area contributed by atoms with E-state index in [1.54, 1.807) is 0 Å². The van der Waals surface area contributed by atoms with E-state index in [2.05, 4.69) is 31.0 Å². The summed E-state index contributed by atoms with van der Waals surface area (Å²) in [4.78, 5) is 14.7. The van der Waals surface area contributed by atoms with E-state index in [1.807, 2.05) is 6.92 Å². The van der Waals surface area contributed by atoms with Crippen molar-refractivity contribution in [3.63, 3.8) is 0 Å². The fourth-order valence-electron chi connectivity index (χ4n) is 3.39. The smallest absolute Gasteiger partial charge is 0.151 e. The molecule has 0 aromatic carbocycles. The number of nitrogens with zero attached hydrogens (tertiary/aromatic N) is 1. The van der Waals surface area contributed by atoms with E-state index in [9.17, 15) is 4.79 Å². The fraction of sp³-hybridized carbons (Fsp3) is 0.929. The van der Waals surface area contributed by atoms with E-state index in [0.29, 0.717) is 24.2 Å². The van der Waals surface area contributed by atoms with Gasteiger partial charge < -0.3 is 5.32 Å². The molecule has 17 heavy (non-hydrogen) atoms. The van der Waals surface area contributed by atoms with Crippen LogP contribution in [0.2, 0.25) is 0 Å². The van der Waals surface area contributed by atoms with E-state index >= 15 is 0 Å². The van der Waals surface area contributed by atoms with Gasteiger partial charge in [0.1, 0.15) is 0 Å². The van der Waals surface area contributed by atoms with E-state index in [1.165, 1.54) is 12.8 Å². The van der Waals surface area contributed by atoms with Crippen LogP contribution in [0.3, 0.4) is 0 Å².